The third kappa shape index (κ3) is 3.12. The van der Waals surface area contributed by atoms with Crippen molar-refractivity contribution >= 4 is 5.91 Å². The van der Waals surface area contributed by atoms with E-state index in [2.05, 4.69) is 5.32 Å². The molecule has 1 amide bonds. The summed E-state index contributed by atoms with van der Waals surface area (Å²) in [6.07, 6.45) is -1.86. The molecular formula is C13H23NO6. The van der Waals surface area contributed by atoms with Gasteiger partial charge in [-0.05, 0) is 20.3 Å². The van der Waals surface area contributed by atoms with Crippen molar-refractivity contribution in [3.63, 3.8) is 0 Å². The first-order valence-electron chi connectivity index (χ1n) is 6.97. The fraction of sp³-hybridized carbons (Fsp3) is 0.923. The highest BCUT2D eigenvalue weighted by atomic mass is 16.8. The van der Waals surface area contributed by atoms with Crippen LogP contribution in [0.15, 0.2) is 0 Å². The topological polar surface area (TPSA) is 97.3 Å². The molecular weight excluding hydrogens is 266 g/mol. The van der Waals surface area contributed by atoms with Gasteiger partial charge in [-0.1, -0.05) is 6.92 Å². The van der Waals surface area contributed by atoms with Crippen LogP contribution in [-0.2, 0) is 19.0 Å². The van der Waals surface area contributed by atoms with E-state index < -0.39 is 43.0 Å². The van der Waals surface area contributed by atoms with Crippen molar-refractivity contribution in [1.82, 2.24) is 5.32 Å². The van der Waals surface area contributed by atoms with Crippen molar-refractivity contribution < 1.29 is 29.2 Å². The molecule has 0 aromatic heterocycles. The van der Waals surface area contributed by atoms with Gasteiger partial charge in [-0.25, -0.2) is 0 Å². The van der Waals surface area contributed by atoms with Crippen molar-refractivity contribution in [2.45, 2.75) is 70.0 Å². The fourth-order valence-electron chi connectivity index (χ4n) is 2.62. The standard InChI is InChI=1S/C13H23NO6/c1-4-5-8(17)14-9-10(7(16)6-15)18-12-11(9)19-13(2,3)20-12/h7,9-12,15-16H,4-6H2,1-3H3,(H,14,17)/t7?,9-,10+,11+,12+/m0/s1. The molecule has 0 spiro atoms. The Kier molecular flexibility index (Phi) is 4.66. The van der Waals surface area contributed by atoms with Crippen molar-refractivity contribution in [3.8, 4) is 0 Å². The number of amides is 1. The second-order valence-electron chi connectivity index (χ2n) is 5.66. The van der Waals surface area contributed by atoms with Crippen LogP contribution in [0.5, 0.6) is 0 Å². The number of rotatable bonds is 5. The molecule has 2 saturated heterocycles. The lowest BCUT2D eigenvalue weighted by molar-refractivity contribution is -0.218. The molecule has 0 radical (unpaired) electrons. The molecule has 0 bridgehead atoms. The molecule has 2 rings (SSSR count). The molecule has 3 N–H and O–H groups in total. The average molecular weight is 289 g/mol. The van der Waals surface area contributed by atoms with Crippen LogP contribution < -0.4 is 5.32 Å². The van der Waals surface area contributed by atoms with Gasteiger partial charge in [0.1, 0.15) is 18.3 Å². The third-order valence-electron chi connectivity index (χ3n) is 3.46. The monoisotopic (exact) mass is 289 g/mol. The number of hydrogen-bond acceptors (Lipinski definition) is 6. The van der Waals surface area contributed by atoms with E-state index in [4.69, 9.17) is 19.3 Å². The van der Waals surface area contributed by atoms with Gasteiger partial charge in [-0.3, -0.25) is 4.79 Å². The Labute approximate surface area is 118 Å². The van der Waals surface area contributed by atoms with E-state index in [1.165, 1.54) is 0 Å². The van der Waals surface area contributed by atoms with Crippen LogP contribution in [0.4, 0.5) is 0 Å². The molecule has 0 saturated carbocycles. The molecule has 2 aliphatic rings. The van der Waals surface area contributed by atoms with E-state index in [0.29, 0.717) is 6.42 Å². The number of carbonyl (C=O) groups excluding carboxylic acids is 1. The number of hydrogen-bond donors (Lipinski definition) is 3. The van der Waals surface area contributed by atoms with E-state index >= 15 is 0 Å². The summed E-state index contributed by atoms with van der Waals surface area (Å²) in [6.45, 7) is 4.98. The lowest BCUT2D eigenvalue weighted by atomic mass is 10.0. The third-order valence-corrected chi connectivity index (χ3v) is 3.46. The zero-order valence-electron chi connectivity index (χ0n) is 12.0. The molecule has 20 heavy (non-hydrogen) atoms. The smallest absolute Gasteiger partial charge is 0.220 e. The normalized spacial score (nSPS) is 36.6. The summed E-state index contributed by atoms with van der Waals surface area (Å²) in [5.41, 5.74) is 0. The lowest BCUT2D eigenvalue weighted by Gasteiger charge is -2.28. The molecule has 116 valence electrons. The van der Waals surface area contributed by atoms with E-state index in [0.717, 1.165) is 6.42 Å². The fourth-order valence-corrected chi connectivity index (χ4v) is 2.62. The summed E-state index contributed by atoms with van der Waals surface area (Å²) in [5, 5.41) is 21.7. The van der Waals surface area contributed by atoms with E-state index in [1.54, 1.807) is 13.8 Å². The summed E-state index contributed by atoms with van der Waals surface area (Å²) >= 11 is 0. The average Bonchev–Trinajstić information content (AvgIpc) is 2.82. The number of aliphatic hydroxyl groups excluding tert-OH is 2. The minimum absolute atomic E-state index is 0.134. The van der Waals surface area contributed by atoms with E-state index in [-0.39, 0.29) is 5.91 Å². The highest BCUT2D eigenvalue weighted by molar-refractivity contribution is 5.76. The van der Waals surface area contributed by atoms with Gasteiger partial charge in [0, 0.05) is 6.42 Å². The minimum Gasteiger partial charge on any atom is -0.394 e. The lowest BCUT2D eigenvalue weighted by Crippen LogP contribution is -2.52. The van der Waals surface area contributed by atoms with Crippen LogP contribution in [0.3, 0.4) is 0 Å². The Morgan fingerprint density at radius 2 is 2.10 bits per heavy atom. The van der Waals surface area contributed by atoms with E-state index in [9.17, 15) is 9.90 Å². The van der Waals surface area contributed by atoms with Crippen molar-refractivity contribution in [2.75, 3.05) is 6.61 Å². The van der Waals surface area contributed by atoms with Crippen molar-refractivity contribution in [1.29, 1.82) is 0 Å². The van der Waals surface area contributed by atoms with Gasteiger partial charge in [-0.15, -0.1) is 0 Å². The van der Waals surface area contributed by atoms with Crippen LogP contribution in [0.25, 0.3) is 0 Å². The van der Waals surface area contributed by atoms with Crippen LogP contribution >= 0.6 is 0 Å². The van der Waals surface area contributed by atoms with Crippen molar-refractivity contribution in [2.24, 2.45) is 0 Å². The summed E-state index contributed by atoms with van der Waals surface area (Å²) in [6, 6.07) is -0.539. The minimum atomic E-state index is -1.09. The SMILES string of the molecule is CCCC(=O)N[C@@H]1[C@H]2OC(C)(C)O[C@H]2O[C@@H]1C(O)CO. The van der Waals surface area contributed by atoms with Gasteiger partial charge < -0.3 is 29.7 Å². The van der Waals surface area contributed by atoms with Crippen LogP contribution in [0, 0.1) is 0 Å². The zero-order chi connectivity index (χ0) is 14.9. The summed E-state index contributed by atoms with van der Waals surface area (Å²) in [7, 11) is 0. The Morgan fingerprint density at radius 1 is 1.40 bits per heavy atom. The highest BCUT2D eigenvalue weighted by Crippen LogP contribution is 2.38. The largest absolute Gasteiger partial charge is 0.394 e. The quantitative estimate of drug-likeness (QED) is 0.631. The predicted octanol–water partition coefficient (Wildman–Crippen LogP) is -0.499. The molecule has 5 atom stereocenters. The number of carbonyl (C=O) groups is 1. The number of nitrogens with one attached hydrogen (secondary N) is 1. The summed E-state index contributed by atoms with van der Waals surface area (Å²) < 4.78 is 16.9. The first-order chi connectivity index (χ1) is 9.38. The number of ether oxygens (including phenoxy) is 3. The summed E-state index contributed by atoms with van der Waals surface area (Å²) in [4.78, 5) is 11.8. The van der Waals surface area contributed by atoms with Gasteiger partial charge in [0.15, 0.2) is 12.1 Å². The molecule has 0 aromatic carbocycles. The maximum atomic E-state index is 11.8. The Morgan fingerprint density at radius 3 is 2.70 bits per heavy atom. The van der Waals surface area contributed by atoms with Crippen LogP contribution in [0.1, 0.15) is 33.6 Å². The zero-order valence-corrected chi connectivity index (χ0v) is 12.0. The van der Waals surface area contributed by atoms with Gasteiger partial charge >= 0.3 is 0 Å². The van der Waals surface area contributed by atoms with Gasteiger partial charge in [0.25, 0.3) is 0 Å². The van der Waals surface area contributed by atoms with Gasteiger partial charge in [0.2, 0.25) is 5.91 Å². The van der Waals surface area contributed by atoms with Gasteiger partial charge in [-0.2, -0.15) is 0 Å². The predicted molar refractivity (Wildman–Crippen MR) is 68.6 cm³/mol. The molecule has 1 unspecified atom stereocenters. The molecule has 2 aliphatic heterocycles. The maximum absolute atomic E-state index is 11.8. The summed E-state index contributed by atoms with van der Waals surface area (Å²) in [5.74, 6) is -0.928. The van der Waals surface area contributed by atoms with Gasteiger partial charge in [0.05, 0.1) is 12.6 Å². The molecule has 7 heteroatoms. The first kappa shape index (κ1) is 15.7. The Hall–Kier alpha value is -0.730. The highest BCUT2D eigenvalue weighted by Gasteiger charge is 2.56. The molecule has 0 aromatic rings. The van der Waals surface area contributed by atoms with Crippen LogP contribution in [0.2, 0.25) is 0 Å². The second kappa shape index (κ2) is 5.95. The first-order valence-corrected chi connectivity index (χ1v) is 6.97. The van der Waals surface area contributed by atoms with E-state index in [1.807, 2.05) is 6.92 Å². The van der Waals surface area contributed by atoms with Crippen LogP contribution in [-0.4, -0.2) is 59.2 Å². The number of aliphatic hydroxyl groups is 2. The maximum Gasteiger partial charge on any atom is 0.220 e. The Balaban J connectivity index is 2.10. The molecule has 7 nitrogen and oxygen atoms in total. The Bertz CT molecular complexity index is 361. The molecule has 0 aliphatic carbocycles. The molecule has 2 fully saturated rings. The number of fused-ring (bicyclic) bond motifs is 1. The second-order valence-corrected chi connectivity index (χ2v) is 5.66. The van der Waals surface area contributed by atoms with Crippen molar-refractivity contribution in [3.05, 3.63) is 0 Å². The molecule has 2 heterocycles.